The molecule has 0 bridgehead atoms. The Morgan fingerprint density at radius 1 is 1.21 bits per heavy atom. The molecule has 1 aliphatic rings. The fraction of sp³-hybridized carbons (Fsp3) is 0.444. The highest BCUT2D eigenvalue weighted by Gasteiger charge is 2.61. The lowest BCUT2D eigenvalue weighted by molar-refractivity contribution is -0.150. The van der Waals surface area contributed by atoms with Gasteiger partial charge in [-0.3, -0.25) is 14.9 Å². The molecular formula is C27H29Cl2F2N3O4. The van der Waals surface area contributed by atoms with Gasteiger partial charge in [-0.25, -0.2) is 8.78 Å². The lowest BCUT2D eigenvalue weighted by Crippen LogP contribution is -2.44. The Bertz CT molecular complexity index is 1260. The summed E-state index contributed by atoms with van der Waals surface area (Å²) in [6.45, 7) is 5.27. The normalized spacial score (nSPS) is 24.0. The number of halogens is 4. The first-order valence-electron chi connectivity index (χ1n) is 11.9. The van der Waals surface area contributed by atoms with Crippen LogP contribution in [0.25, 0.3) is 0 Å². The first-order valence-corrected chi connectivity index (χ1v) is 12.7. The molecule has 1 heterocycles. The van der Waals surface area contributed by atoms with E-state index in [1.54, 1.807) is 0 Å². The van der Waals surface area contributed by atoms with Crippen molar-refractivity contribution in [3.05, 3.63) is 69.2 Å². The molecule has 0 unspecified atom stereocenters. The third-order valence-electron chi connectivity index (χ3n) is 6.54. The minimum Gasteiger partial charge on any atom is -0.462 e. The van der Waals surface area contributed by atoms with E-state index >= 15 is 4.39 Å². The maximum atomic E-state index is 15.5. The van der Waals surface area contributed by atoms with Crippen LogP contribution in [0.1, 0.15) is 50.7 Å². The van der Waals surface area contributed by atoms with E-state index in [-0.39, 0.29) is 21.0 Å². The Hall–Kier alpha value is -2.77. The van der Waals surface area contributed by atoms with Gasteiger partial charge in [0.1, 0.15) is 29.7 Å². The second-order valence-corrected chi connectivity index (χ2v) is 11.5. The highest BCUT2D eigenvalue weighted by atomic mass is 35.5. The number of benzene rings is 2. The van der Waals surface area contributed by atoms with Crippen molar-refractivity contribution in [2.24, 2.45) is 11.1 Å². The van der Waals surface area contributed by atoms with E-state index in [1.807, 2.05) is 20.8 Å². The number of carbonyl (C=O) groups is 2. The zero-order valence-corrected chi connectivity index (χ0v) is 22.6. The van der Waals surface area contributed by atoms with Crippen molar-refractivity contribution in [2.75, 3.05) is 6.61 Å². The number of carbonyl (C=O) groups excluding carboxylic acids is 2. The van der Waals surface area contributed by atoms with Crippen molar-refractivity contribution >= 4 is 35.1 Å². The van der Waals surface area contributed by atoms with Gasteiger partial charge in [0, 0.05) is 22.5 Å². The van der Waals surface area contributed by atoms with Gasteiger partial charge < -0.3 is 15.6 Å². The monoisotopic (exact) mass is 567 g/mol. The number of rotatable bonds is 8. The standard InChI is InChI=1S/C27H29Cl2F2N3O4/c1-26(2,3)11-21-27(13-32,17-6-5-15(28)9-20(17)31)23(14-4-7-19(30)18(29)8-14)24(34-21)25(37)38-12-16(35)10-22(33)36/h4-9,16,21,23-24,34-35H,10-12H2,1-3H3,(H2,33,36)/t16-,21-,23-,24+,27-/m0/s1. The fourth-order valence-corrected chi connectivity index (χ4v) is 5.42. The largest absolute Gasteiger partial charge is 0.462 e. The average Bonchev–Trinajstić information content (AvgIpc) is 3.12. The van der Waals surface area contributed by atoms with Gasteiger partial charge in [-0.1, -0.05) is 56.1 Å². The summed E-state index contributed by atoms with van der Waals surface area (Å²) < 4.78 is 35.0. The number of amides is 1. The van der Waals surface area contributed by atoms with Crippen LogP contribution in [0, 0.1) is 28.4 Å². The van der Waals surface area contributed by atoms with E-state index in [9.17, 15) is 24.3 Å². The van der Waals surface area contributed by atoms with Crippen molar-refractivity contribution in [2.45, 2.75) is 63.1 Å². The van der Waals surface area contributed by atoms with Crippen molar-refractivity contribution in [1.29, 1.82) is 5.26 Å². The van der Waals surface area contributed by atoms with E-state index in [4.69, 9.17) is 33.7 Å². The van der Waals surface area contributed by atoms with E-state index in [2.05, 4.69) is 11.4 Å². The summed E-state index contributed by atoms with van der Waals surface area (Å²) in [7, 11) is 0. The molecule has 11 heteroatoms. The lowest BCUT2D eigenvalue weighted by Gasteiger charge is -2.37. The average molecular weight is 568 g/mol. The number of primary amides is 1. The topological polar surface area (TPSA) is 125 Å². The maximum Gasteiger partial charge on any atom is 0.323 e. The third kappa shape index (κ3) is 6.26. The molecule has 7 nitrogen and oxygen atoms in total. The molecule has 1 aliphatic heterocycles. The minimum atomic E-state index is -1.68. The predicted octanol–water partition coefficient (Wildman–Crippen LogP) is 4.37. The number of hydrogen-bond donors (Lipinski definition) is 3. The highest BCUT2D eigenvalue weighted by molar-refractivity contribution is 6.31. The Morgan fingerprint density at radius 3 is 2.45 bits per heavy atom. The number of esters is 1. The molecule has 1 saturated heterocycles. The summed E-state index contributed by atoms with van der Waals surface area (Å²) >= 11 is 12.1. The molecule has 1 amide bonds. The lowest BCUT2D eigenvalue weighted by atomic mass is 9.63. The van der Waals surface area contributed by atoms with Gasteiger partial charge in [0.15, 0.2) is 0 Å². The summed E-state index contributed by atoms with van der Waals surface area (Å²) in [5, 5.41) is 23.8. The second kappa shape index (κ2) is 11.5. The Balaban J connectivity index is 2.21. The Morgan fingerprint density at radius 2 is 1.89 bits per heavy atom. The molecule has 0 aromatic heterocycles. The molecule has 0 radical (unpaired) electrons. The number of aliphatic hydroxyl groups excluding tert-OH is 1. The molecule has 3 rings (SSSR count). The SMILES string of the molecule is CC(C)(C)C[C@@H]1N[C@@H](C(=O)OC[C@@H](O)CC(N)=O)[C@H](c2ccc(F)c(Cl)c2)[C@@]1(C#N)c1ccc(Cl)cc1F. The molecule has 0 spiro atoms. The van der Waals surface area contributed by atoms with Crippen molar-refractivity contribution in [3.8, 4) is 6.07 Å². The number of nitrogens with one attached hydrogen (secondary N) is 1. The van der Waals surface area contributed by atoms with E-state index in [0.29, 0.717) is 12.0 Å². The molecule has 0 aliphatic carbocycles. The van der Waals surface area contributed by atoms with Crippen LogP contribution < -0.4 is 11.1 Å². The molecule has 1 fully saturated rings. The number of hydrogen-bond acceptors (Lipinski definition) is 6. The van der Waals surface area contributed by atoms with Crippen LogP contribution in [0.3, 0.4) is 0 Å². The van der Waals surface area contributed by atoms with Crippen LogP contribution in [-0.4, -0.2) is 41.8 Å². The Labute approximate surface area is 229 Å². The van der Waals surface area contributed by atoms with Crippen LogP contribution in [0.15, 0.2) is 36.4 Å². The van der Waals surface area contributed by atoms with E-state index in [1.165, 1.54) is 24.3 Å². The molecule has 0 saturated carbocycles. The number of ether oxygens (including phenoxy) is 1. The number of nitriles is 1. The van der Waals surface area contributed by atoms with Crippen LogP contribution >= 0.6 is 23.2 Å². The molecule has 2 aromatic rings. The summed E-state index contributed by atoms with van der Waals surface area (Å²) in [6, 6.07) is 8.02. The van der Waals surface area contributed by atoms with Gasteiger partial charge in [0.25, 0.3) is 0 Å². The smallest absolute Gasteiger partial charge is 0.323 e. The number of nitrogens with two attached hydrogens (primary N) is 1. The molecule has 204 valence electrons. The zero-order chi connectivity index (χ0) is 28.4. The molecule has 5 atom stereocenters. The van der Waals surface area contributed by atoms with Gasteiger partial charge in [-0.15, -0.1) is 0 Å². The quantitative estimate of drug-likeness (QED) is 0.406. The van der Waals surface area contributed by atoms with Gasteiger partial charge in [-0.2, -0.15) is 5.26 Å². The van der Waals surface area contributed by atoms with E-state index < -0.39 is 66.1 Å². The van der Waals surface area contributed by atoms with Gasteiger partial charge in [-0.05, 0) is 41.7 Å². The molecule has 2 aromatic carbocycles. The van der Waals surface area contributed by atoms with Crippen LogP contribution in [-0.2, 0) is 19.7 Å². The summed E-state index contributed by atoms with van der Waals surface area (Å²) in [5.41, 5.74) is 3.34. The third-order valence-corrected chi connectivity index (χ3v) is 7.07. The number of nitrogens with zero attached hydrogens (tertiary/aromatic N) is 1. The predicted molar refractivity (Wildman–Crippen MR) is 138 cm³/mol. The Kier molecular flexibility index (Phi) is 9.04. The summed E-state index contributed by atoms with van der Waals surface area (Å²) in [6.07, 6.45) is -1.42. The summed E-state index contributed by atoms with van der Waals surface area (Å²) in [4.78, 5) is 24.5. The van der Waals surface area contributed by atoms with Crippen molar-refractivity contribution < 1.29 is 28.2 Å². The van der Waals surface area contributed by atoms with Crippen molar-refractivity contribution in [1.82, 2.24) is 5.32 Å². The van der Waals surface area contributed by atoms with Crippen LogP contribution in [0.2, 0.25) is 10.0 Å². The van der Waals surface area contributed by atoms with Crippen LogP contribution in [0.4, 0.5) is 8.78 Å². The van der Waals surface area contributed by atoms with Crippen LogP contribution in [0.5, 0.6) is 0 Å². The first-order chi connectivity index (χ1) is 17.7. The zero-order valence-electron chi connectivity index (χ0n) is 21.1. The highest BCUT2D eigenvalue weighted by Crippen LogP contribution is 2.52. The number of aliphatic hydroxyl groups is 1. The molecule has 4 N–H and O–H groups in total. The molecular weight excluding hydrogens is 539 g/mol. The second-order valence-electron chi connectivity index (χ2n) is 10.7. The van der Waals surface area contributed by atoms with Crippen molar-refractivity contribution in [3.63, 3.8) is 0 Å². The van der Waals surface area contributed by atoms with Gasteiger partial charge in [0.05, 0.1) is 23.6 Å². The summed E-state index contributed by atoms with van der Waals surface area (Å²) in [5.74, 6) is -4.18. The van der Waals surface area contributed by atoms with Gasteiger partial charge in [0.2, 0.25) is 5.91 Å². The fourth-order valence-electron chi connectivity index (χ4n) is 5.07. The maximum absolute atomic E-state index is 15.5. The first kappa shape index (κ1) is 29.8. The van der Waals surface area contributed by atoms with E-state index in [0.717, 1.165) is 12.1 Å². The molecule has 38 heavy (non-hydrogen) atoms. The minimum absolute atomic E-state index is 0.000612. The van der Waals surface area contributed by atoms with Gasteiger partial charge >= 0.3 is 5.97 Å².